The summed E-state index contributed by atoms with van der Waals surface area (Å²) in [5, 5.41) is 5.26. The maximum atomic E-state index is 6.28. The van der Waals surface area contributed by atoms with Crippen LogP contribution in [0, 0.1) is 0 Å². The summed E-state index contributed by atoms with van der Waals surface area (Å²) in [5.41, 5.74) is 8.47. The molecule has 2 aromatic heterocycles. The van der Waals surface area contributed by atoms with E-state index in [-0.39, 0.29) is 6.04 Å². The highest BCUT2D eigenvalue weighted by Crippen LogP contribution is 2.26. The molecule has 0 amide bonds. The summed E-state index contributed by atoms with van der Waals surface area (Å²) in [7, 11) is 0. The van der Waals surface area contributed by atoms with E-state index in [2.05, 4.69) is 23.1 Å². The standard InChI is InChI=1S/C14H16N4S/c1-2-18-10(7-8-16-18)9-11(15)14-17-12-5-3-4-6-13(12)19-14/h3-8,11H,2,9,15H2,1H3. The van der Waals surface area contributed by atoms with Gasteiger partial charge < -0.3 is 5.73 Å². The Labute approximate surface area is 115 Å². The summed E-state index contributed by atoms with van der Waals surface area (Å²) in [6, 6.07) is 10.1. The Bertz CT molecular complexity index is 652. The van der Waals surface area contributed by atoms with E-state index in [4.69, 9.17) is 5.73 Å². The number of nitrogens with two attached hydrogens (primary N) is 1. The van der Waals surface area contributed by atoms with Gasteiger partial charge in [-0.25, -0.2) is 4.98 Å². The van der Waals surface area contributed by atoms with Gasteiger partial charge in [-0.3, -0.25) is 4.68 Å². The van der Waals surface area contributed by atoms with Crippen molar-refractivity contribution in [3.63, 3.8) is 0 Å². The molecule has 2 N–H and O–H groups in total. The van der Waals surface area contributed by atoms with Crippen molar-refractivity contribution in [2.45, 2.75) is 25.9 Å². The van der Waals surface area contributed by atoms with Gasteiger partial charge in [0.2, 0.25) is 0 Å². The number of aromatic nitrogens is 3. The molecule has 3 rings (SSSR count). The van der Waals surface area contributed by atoms with Crippen LogP contribution in [-0.2, 0) is 13.0 Å². The smallest absolute Gasteiger partial charge is 0.111 e. The van der Waals surface area contributed by atoms with Crippen LogP contribution in [0.15, 0.2) is 36.5 Å². The molecule has 0 aliphatic rings. The van der Waals surface area contributed by atoms with Crippen LogP contribution in [-0.4, -0.2) is 14.8 Å². The van der Waals surface area contributed by atoms with Gasteiger partial charge >= 0.3 is 0 Å². The minimum absolute atomic E-state index is 0.0700. The van der Waals surface area contributed by atoms with E-state index < -0.39 is 0 Å². The fourth-order valence-electron chi connectivity index (χ4n) is 2.18. The van der Waals surface area contributed by atoms with Gasteiger partial charge in [0.1, 0.15) is 5.01 Å². The van der Waals surface area contributed by atoms with Crippen LogP contribution in [0.2, 0.25) is 0 Å². The molecule has 0 spiro atoms. The molecule has 0 aliphatic heterocycles. The molecule has 0 saturated heterocycles. The lowest BCUT2D eigenvalue weighted by molar-refractivity contribution is 0.589. The summed E-state index contributed by atoms with van der Waals surface area (Å²) < 4.78 is 3.17. The first kappa shape index (κ1) is 12.3. The van der Waals surface area contributed by atoms with Crippen LogP contribution >= 0.6 is 11.3 Å². The van der Waals surface area contributed by atoms with Crippen LogP contribution in [0.3, 0.4) is 0 Å². The Kier molecular flexibility index (Phi) is 3.31. The Balaban J connectivity index is 1.85. The molecule has 0 bridgehead atoms. The molecule has 0 radical (unpaired) electrons. The highest BCUT2D eigenvalue weighted by molar-refractivity contribution is 7.18. The third-order valence-electron chi connectivity index (χ3n) is 3.16. The summed E-state index contributed by atoms with van der Waals surface area (Å²) in [4.78, 5) is 4.61. The van der Waals surface area contributed by atoms with Crippen molar-refractivity contribution in [1.29, 1.82) is 0 Å². The van der Waals surface area contributed by atoms with E-state index in [1.54, 1.807) is 11.3 Å². The number of rotatable bonds is 4. The highest BCUT2D eigenvalue weighted by atomic mass is 32.1. The lowest BCUT2D eigenvalue weighted by Gasteiger charge is -2.09. The normalized spacial score (nSPS) is 12.9. The van der Waals surface area contributed by atoms with Crippen LogP contribution in [0.5, 0.6) is 0 Å². The summed E-state index contributed by atoms with van der Waals surface area (Å²) in [6.45, 7) is 2.95. The van der Waals surface area contributed by atoms with Crippen LogP contribution in [0.4, 0.5) is 0 Å². The molecule has 1 atom stereocenters. The zero-order valence-corrected chi connectivity index (χ0v) is 11.6. The number of nitrogens with zero attached hydrogens (tertiary/aromatic N) is 3. The predicted octanol–water partition coefficient (Wildman–Crippen LogP) is 2.76. The van der Waals surface area contributed by atoms with E-state index in [0.29, 0.717) is 0 Å². The second kappa shape index (κ2) is 5.11. The maximum absolute atomic E-state index is 6.28. The minimum atomic E-state index is -0.0700. The lowest BCUT2D eigenvalue weighted by atomic mass is 10.2. The second-order valence-corrected chi connectivity index (χ2v) is 5.53. The van der Waals surface area contributed by atoms with Crippen LogP contribution in [0.1, 0.15) is 23.7 Å². The number of hydrogen-bond donors (Lipinski definition) is 1. The fourth-order valence-corrected chi connectivity index (χ4v) is 3.15. The Hall–Kier alpha value is -1.72. The van der Waals surface area contributed by atoms with Crippen LogP contribution < -0.4 is 5.73 Å². The van der Waals surface area contributed by atoms with Gasteiger partial charge in [0, 0.05) is 24.9 Å². The largest absolute Gasteiger partial charge is 0.322 e. The highest BCUT2D eigenvalue weighted by Gasteiger charge is 2.14. The van der Waals surface area contributed by atoms with Crippen molar-refractivity contribution in [2.24, 2.45) is 5.73 Å². The van der Waals surface area contributed by atoms with E-state index in [1.807, 2.05) is 35.1 Å². The summed E-state index contributed by atoms with van der Waals surface area (Å²) in [6.07, 6.45) is 2.59. The predicted molar refractivity (Wildman–Crippen MR) is 78.2 cm³/mol. The Morgan fingerprint density at radius 2 is 2.16 bits per heavy atom. The van der Waals surface area contributed by atoms with E-state index in [9.17, 15) is 0 Å². The van der Waals surface area contributed by atoms with Crippen molar-refractivity contribution in [3.05, 3.63) is 47.2 Å². The first-order valence-corrected chi connectivity index (χ1v) is 7.21. The molecule has 0 saturated carbocycles. The molecule has 98 valence electrons. The Morgan fingerprint density at radius 3 is 2.95 bits per heavy atom. The molecule has 4 nitrogen and oxygen atoms in total. The first-order valence-electron chi connectivity index (χ1n) is 6.39. The SMILES string of the molecule is CCn1nccc1CC(N)c1nc2ccccc2s1. The number of thiazole rings is 1. The molecular formula is C14H16N4S. The van der Waals surface area contributed by atoms with Crippen molar-refractivity contribution in [1.82, 2.24) is 14.8 Å². The monoisotopic (exact) mass is 272 g/mol. The molecule has 1 aromatic carbocycles. The topological polar surface area (TPSA) is 56.7 Å². The molecule has 19 heavy (non-hydrogen) atoms. The molecule has 0 fully saturated rings. The van der Waals surface area contributed by atoms with Crippen molar-refractivity contribution in [3.8, 4) is 0 Å². The average molecular weight is 272 g/mol. The zero-order valence-electron chi connectivity index (χ0n) is 10.8. The first-order chi connectivity index (χ1) is 9.28. The van der Waals surface area contributed by atoms with Gasteiger partial charge in [0.05, 0.1) is 16.3 Å². The summed E-state index contributed by atoms with van der Waals surface area (Å²) in [5.74, 6) is 0. The quantitative estimate of drug-likeness (QED) is 0.794. The van der Waals surface area contributed by atoms with Gasteiger partial charge in [-0.05, 0) is 25.1 Å². The Morgan fingerprint density at radius 1 is 1.32 bits per heavy atom. The zero-order chi connectivity index (χ0) is 13.2. The van der Waals surface area contributed by atoms with Gasteiger partial charge in [0.15, 0.2) is 0 Å². The number of aryl methyl sites for hydroxylation is 1. The maximum Gasteiger partial charge on any atom is 0.111 e. The molecule has 1 unspecified atom stereocenters. The summed E-state index contributed by atoms with van der Waals surface area (Å²) >= 11 is 1.67. The van der Waals surface area contributed by atoms with Crippen LogP contribution in [0.25, 0.3) is 10.2 Å². The van der Waals surface area contributed by atoms with Gasteiger partial charge in [-0.2, -0.15) is 5.10 Å². The third-order valence-corrected chi connectivity index (χ3v) is 4.33. The van der Waals surface area contributed by atoms with Crippen molar-refractivity contribution >= 4 is 21.6 Å². The van der Waals surface area contributed by atoms with E-state index >= 15 is 0 Å². The molecule has 2 heterocycles. The molecular weight excluding hydrogens is 256 g/mol. The molecule has 3 aromatic rings. The third kappa shape index (κ3) is 2.39. The van der Waals surface area contributed by atoms with Crippen molar-refractivity contribution in [2.75, 3.05) is 0 Å². The van der Waals surface area contributed by atoms with Gasteiger partial charge in [-0.1, -0.05) is 12.1 Å². The fraction of sp³-hybridized carbons (Fsp3) is 0.286. The van der Waals surface area contributed by atoms with E-state index in [0.717, 1.165) is 29.2 Å². The second-order valence-electron chi connectivity index (χ2n) is 4.47. The number of para-hydroxylation sites is 1. The number of fused-ring (bicyclic) bond motifs is 1. The van der Waals surface area contributed by atoms with E-state index in [1.165, 1.54) is 4.70 Å². The lowest BCUT2D eigenvalue weighted by Crippen LogP contribution is -2.15. The number of benzene rings is 1. The molecule has 0 aliphatic carbocycles. The molecule has 5 heteroatoms. The van der Waals surface area contributed by atoms with Gasteiger partial charge in [0.25, 0.3) is 0 Å². The number of hydrogen-bond acceptors (Lipinski definition) is 4. The van der Waals surface area contributed by atoms with Crippen molar-refractivity contribution < 1.29 is 0 Å². The van der Waals surface area contributed by atoms with Gasteiger partial charge in [-0.15, -0.1) is 11.3 Å². The average Bonchev–Trinajstić information content (AvgIpc) is 3.03. The minimum Gasteiger partial charge on any atom is -0.322 e.